The van der Waals surface area contributed by atoms with E-state index in [2.05, 4.69) is 56.7 Å². The number of Topliss-reactive ketones (excluding diaryl/α,β-unsaturated/α-hetero) is 1. The summed E-state index contributed by atoms with van der Waals surface area (Å²) in [5, 5.41) is 3.11. The van der Waals surface area contributed by atoms with Crippen molar-refractivity contribution in [3.8, 4) is 22.4 Å². The van der Waals surface area contributed by atoms with Crippen LogP contribution in [0.1, 0.15) is 67.0 Å². The number of nitrogens with one attached hydrogen (secondary N) is 2. The third-order valence-electron chi connectivity index (χ3n) is 6.03. The number of H-pyrrole nitrogens is 1. The zero-order chi connectivity index (χ0) is 24.5. The number of ketones is 1. The van der Waals surface area contributed by atoms with Crippen molar-refractivity contribution in [1.29, 1.82) is 0 Å². The number of hydrogen-bond acceptors (Lipinski definition) is 5. The van der Waals surface area contributed by atoms with Gasteiger partial charge in [-0.05, 0) is 29.5 Å². The predicted molar refractivity (Wildman–Crippen MR) is 140 cm³/mol. The zero-order valence-electron chi connectivity index (χ0n) is 19.9. The minimum Gasteiger partial charge on any atom is -0.341 e. The number of carbonyl (C=O) groups is 2. The van der Waals surface area contributed by atoms with E-state index >= 15 is 0 Å². The first-order chi connectivity index (χ1) is 17.1. The first-order valence-electron chi connectivity index (χ1n) is 12.1. The molecule has 0 spiro atoms. The van der Waals surface area contributed by atoms with Gasteiger partial charge in [0.05, 0.1) is 29.6 Å². The van der Waals surface area contributed by atoms with Gasteiger partial charge in [-0.1, -0.05) is 74.4 Å². The summed E-state index contributed by atoms with van der Waals surface area (Å²) in [6.45, 7) is 1.90. The number of benzene rings is 2. The van der Waals surface area contributed by atoms with E-state index in [1.165, 1.54) is 16.9 Å². The smallest absolute Gasteiger partial charge is 0.263 e. The summed E-state index contributed by atoms with van der Waals surface area (Å²) in [7, 11) is 0. The minimum atomic E-state index is -0.246. The lowest BCUT2D eigenvalue weighted by atomic mass is 10.0. The van der Waals surface area contributed by atoms with E-state index in [4.69, 9.17) is 0 Å². The summed E-state index contributed by atoms with van der Waals surface area (Å²) in [5.41, 5.74) is 5.93. The Kier molecular flexibility index (Phi) is 8.57. The highest BCUT2D eigenvalue weighted by molar-refractivity contribution is 7.11. The van der Waals surface area contributed by atoms with Crippen LogP contribution < -0.4 is 5.32 Å². The molecule has 35 heavy (non-hydrogen) atoms. The SMILES string of the molecule is CCC(=O)CCCCC[C@H](NC(=O)c1cncs1)c1ncc(-c2ccc(-c3ccccc3)cc2)[nH]1. The van der Waals surface area contributed by atoms with Gasteiger partial charge >= 0.3 is 0 Å². The summed E-state index contributed by atoms with van der Waals surface area (Å²) in [6, 6.07) is 18.4. The van der Waals surface area contributed by atoms with Crippen LogP contribution in [0.4, 0.5) is 0 Å². The normalized spacial score (nSPS) is 11.8. The van der Waals surface area contributed by atoms with Crippen molar-refractivity contribution in [2.75, 3.05) is 0 Å². The van der Waals surface area contributed by atoms with Crippen LogP contribution in [-0.4, -0.2) is 26.6 Å². The van der Waals surface area contributed by atoms with Gasteiger partial charge in [0.15, 0.2) is 0 Å². The van der Waals surface area contributed by atoms with Gasteiger partial charge in [-0.2, -0.15) is 0 Å². The highest BCUT2D eigenvalue weighted by Crippen LogP contribution is 2.26. The molecule has 2 aromatic heterocycles. The molecule has 4 aromatic rings. The summed E-state index contributed by atoms with van der Waals surface area (Å²) in [6.07, 6.45) is 8.06. The fourth-order valence-corrected chi connectivity index (χ4v) is 4.51. The lowest BCUT2D eigenvalue weighted by molar-refractivity contribution is -0.118. The number of carbonyl (C=O) groups excluding carboxylic acids is 2. The quantitative estimate of drug-likeness (QED) is 0.221. The van der Waals surface area contributed by atoms with Crippen LogP contribution >= 0.6 is 11.3 Å². The molecule has 0 aliphatic carbocycles. The first-order valence-corrected chi connectivity index (χ1v) is 12.9. The van der Waals surface area contributed by atoms with Crippen molar-refractivity contribution in [1.82, 2.24) is 20.3 Å². The Labute approximate surface area is 209 Å². The molecule has 0 radical (unpaired) electrons. The van der Waals surface area contributed by atoms with Crippen LogP contribution in [0, 0.1) is 0 Å². The van der Waals surface area contributed by atoms with E-state index in [9.17, 15) is 9.59 Å². The second-order valence-corrected chi connectivity index (χ2v) is 9.40. The molecule has 0 unspecified atom stereocenters. The van der Waals surface area contributed by atoms with Gasteiger partial charge in [0, 0.05) is 12.8 Å². The maximum Gasteiger partial charge on any atom is 0.263 e. The van der Waals surface area contributed by atoms with Crippen molar-refractivity contribution in [3.63, 3.8) is 0 Å². The van der Waals surface area contributed by atoms with Crippen LogP contribution in [-0.2, 0) is 4.79 Å². The highest BCUT2D eigenvalue weighted by atomic mass is 32.1. The average molecular weight is 487 g/mol. The van der Waals surface area contributed by atoms with Crippen LogP contribution in [0.5, 0.6) is 0 Å². The van der Waals surface area contributed by atoms with Crippen molar-refractivity contribution in [2.24, 2.45) is 0 Å². The van der Waals surface area contributed by atoms with Gasteiger partial charge in [0.25, 0.3) is 5.91 Å². The molecule has 0 fully saturated rings. The van der Waals surface area contributed by atoms with Gasteiger partial charge in [-0.15, -0.1) is 11.3 Å². The fourth-order valence-electron chi connectivity index (χ4n) is 3.99. The first kappa shape index (κ1) is 24.5. The molecule has 7 heteroatoms. The van der Waals surface area contributed by atoms with E-state index in [1.54, 1.807) is 11.7 Å². The van der Waals surface area contributed by atoms with E-state index in [-0.39, 0.29) is 11.9 Å². The third kappa shape index (κ3) is 6.73. The Balaban J connectivity index is 1.45. The number of thiazole rings is 1. The van der Waals surface area contributed by atoms with Gasteiger partial charge in [-0.25, -0.2) is 4.98 Å². The molecule has 0 aliphatic heterocycles. The predicted octanol–water partition coefficient (Wildman–Crippen LogP) is 6.60. The molecular weight excluding hydrogens is 456 g/mol. The number of unbranched alkanes of at least 4 members (excludes halogenated alkanes) is 2. The molecule has 0 saturated carbocycles. The van der Waals surface area contributed by atoms with Crippen LogP contribution in [0.3, 0.4) is 0 Å². The molecule has 1 amide bonds. The zero-order valence-corrected chi connectivity index (χ0v) is 20.7. The minimum absolute atomic E-state index is 0.149. The van der Waals surface area contributed by atoms with Crippen molar-refractivity contribution in [2.45, 2.75) is 51.5 Å². The summed E-state index contributed by atoms with van der Waals surface area (Å²) in [4.78, 5) is 36.9. The highest BCUT2D eigenvalue weighted by Gasteiger charge is 2.20. The molecular formula is C28H30N4O2S. The van der Waals surface area contributed by atoms with E-state index < -0.39 is 0 Å². The standard InChI is InChI=1S/C28H30N4O2S/c1-2-23(33)11-7-4-8-12-24(32-28(34)26-18-29-19-35-26)27-30-17-25(31-27)22-15-13-21(14-16-22)20-9-5-3-6-10-20/h3,5-6,9-10,13-19,24H,2,4,7-8,11-12H2,1H3,(H,30,31)(H,32,34)/t24-/m0/s1. The Bertz CT molecular complexity index is 1220. The lowest BCUT2D eigenvalue weighted by Crippen LogP contribution is -2.28. The topological polar surface area (TPSA) is 87.7 Å². The number of hydrogen-bond donors (Lipinski definition) is 2. The van der Waals surface area contributed by atoms with Gasteiger partial charge in [-0.3, -0.25) is 14.6 Å². The van der Waals surface area contributed by atoms with Crippen LogP contribution in [0.15, 0.2) is 72.5 Å². The molecule has 2 heterocycles. The average Bonchev–Trinajstić information content (AvgIpc) is 3.61. The maximum absolute atomic E-state index is 12.7. The number of aromatic amines is 1. The molecule has 0 aliphatic rings. The molecule has 4 rings (SSSR count). The molecule has 0 saturated heterocycles. The Morgan fingerprint density at radius 1 is 0.943 bits per heavy atom. The Hall–Kier alpha value is -3.58. The molecule has 2 N–H and O–H groups in total. The van der Waals surface area contributed by atoms with Crippen LogP contribution in [0.2, 0.25) is 0 Å². The number of aromatic nitrogens is 3. The Morgan fingerprint density at radius 2 is 1.69 bits per heavy atom. The molecule has 1 atom stereocenters. The monoisotopic (exact) mass is 486 g/mol. The van der Waals surface area contributed by atoms with E-state index in [0.717, 1.165) is 48.3 Å². The Morgan fingerprint density at radius 3 is 2.40 bits per heavy atom. The number of nitrogens with zero attached hydrogens (tertiary/aromatic N) is 2. The molecule has 180 valence electrons. The van der Waals surface area contributed by atoms with E-state index in [1.807, 2.05) is 31.3 Å². The van der Waals surface area contributed by atoms with Gasteiger partial charge in [0.1, 0.15) is 16.5 Å². The largest absolute Gasteiger partial charge is 0.341 e. The summed E-state index contributed by atoms with van der Waals surface area (Å²) in [5.74, 6) is 0.882. The number of imidazole rings is 1. The second-order valence-electron chi connectivity index (χ2n) is 8.51. The van der Waals surface area contributed by atoms with Crippen molar-refractivity contribution >= 4 is 23.0 Å². The molecule has 2 aromatic carbocycles. The molecule has 0 bridgehead atoms. The number of amides is 1. The second kappa shape index (κ2) is 12.2. The summed E-state index contributed by atoms with van der Waals surface area (Å²) < 4.78 is 0. The fraction of sp³-hybridized carbons (Fsp3) is 0.286. The number of rotatable bonds is 12. The van der Waals surface area contributed by atoms with Crippen molar-refractivity contribution in [3.05, 3.63) is 83.2 Å². The molecule has 6 nitrogen and oxygen atoms in total. The van der Waals surface area contributed by atoms with Crippen molar-refractivity contribution < 1.29 is 9.59 Å². The van der Waals surface area contributed by atoms with Gasteiger partial charge in [0.2, 0.25) is 0 Å². The van der Waals surface area contributed by atoms with Gasteiger partial charge < -0.3 is 10.3 Å². The lowest BCUT2D eigenvalue weighted by Gasteiger charge is -2.16. The summed E-state index contributed by atoms with van der Waals surface area (Å²) >= 11 is 1.32. The third-order valence-corrected chi connectivity index (χ3v) is 6.80. The maximum atomic E-state index is 12.7. The van der Waals surface area contributed by atoms with E-state index in [0.29, 0.717) is 23.5 Å². The van der Waals surface area contributed by atoms with Crippen LogP contribution in [0.25, 0.3) is 22.4 Å².